The van der Waals surface area contributed by atoms with Gasteiger partial charge in [-0.3, -0.25) is 14.9 Å². The lowest BCUT2D eigenvalue weighted by Crippen LogP contribution is -2.27. The Balaban J connectivity index is 1.79. The second-order valence-electron chi connectivity index (χ2n) is 5.98. The highest BCUT2D eigenvalue weighted by Gasteiger charge is 2.16. The van der Waals surface area contributed by atoms with Crippen molar-refractivity contribution in [3.8, 4) is 0 Å². The number of benzene rings is 1. The maximum Gasteiger partial charge on any atom is 0.270 e. The first-order valence-electron chi connectivity index (χ1n) is 8.48. The number of nitro groups is 1. The molecule has 1 aromatic rings. The minimum Gasteiger partial charge on any atom is -0.387 e. The molecule has 2 N–H and O–H groups in total. The van der Waals surface area contributed by atoms with Gasteiger partial charge in [0.15, 0.2) is 0 Å². The average molecular weight is 335 g/mol. The van der Waals surface area contributed by atoms with Crippen molar-refractivity contribution in [2.75, 3.05) is 25.5 Å². The smallest absolute Gasteiger partial charge is 0.270 e. The highest BCUT2D eigenvalue weighted by Crippen LogP contribution is 2.22. The van der Waals surface area contributed by atoms with E-state index in [1.165, 1.54) is 31.4 Å². The molecule has 1 amide bonds. The van der Waals surface area contributed by atoms with Crippen molar-refractivity contribution < 1.29 is 14.5 Å². The fourth-order valence-electron chi connectivity index (χ4n) is 2.90. The summed E-state index contributed by atoms with van der Waals surface area (Å²) < 4.78 is 5.81. The molecule has 7 heteroatoms. The molecule has 7 nitrogen and oxygen atoms in total. The molecule has 0 aliphatic heterocycles. The van der Waals surface area contributed by atoms with E-state index in [2.05, 4.69) is 10.6 Å². The van der Waals surface area contributed by atoms with Crippen LogP contribution in [0.5, 0.6) is 0 Å². The summed E-state index contributed by atoms with van der Waals surface area (Å²) in [4.78, 5) is 22.6. The zero-order valence-corrected chi connectivity index (χ0v) is 14.0. The summed E-state index contributed by atoms with van der Waals surface area (Å²) in [5.74, 6) is -0.319. The number of hydrogen-bond acceptors (Lipinski definition) is 5. The Bertz CT molecular complexity index is 571. The van der Waals surface area contributed by atoms with Gasteiger partial charge in [0.2, 0.25) is 0 Å². The molecule has 0 aromatic heterocycles. The second-order valence-corrected chi connectivity index (χ2v) is 5.98. The summed E-state index contributed by atoms with van der Waals surface area (Å²) >= 11 is 0. The van der Waals surface area contributed by atoms with Crippen LogP contribution in [0.15, 0.2) is 18.2 Å². The van der Waals surface area contributed by atoms with Gasteiger partial charge in [-0.2, -0.15) is 0 Å². The predicted octanol–water partition coefficient (Wildman–Crippen LogP) is 3.11. The maximum absolute atomic E-state index is 12.2. The van der Waals surface area contributed by atoms with Crippen molar-refractivity contribution in [3.63, 3.8) is 0 Å². The molecule has 0 atom stereocenters. The van der Waals surface area contributed by atoms with E-state index in [1.54, 1.807) is 13.1 Å². The Morgan fingerprint density at radius 2 is 2.08 bits per heavy atom. The van der Waals surface area contributed by atoms with Gasteiger partial charge >= 0.3 is 0 Å². The third-order valence-corrected chi connectivity index (χ3v) is 4.24. The van der Waals surface area contributed by atoms with Crippen LogP contribution in [0.4, 0.5) is 11.4 Å². The van der Waals surface area contributed by atoms with Crippen LogP contribution in [-0.4, -0.2) is 37.1 Å². The van der Waals surface area contributed by atoms with Gasteiger partial charge in [-0.05, 0) is 25.3 Å². The molecule has 1 aromatic carbocycles. The number of rotatable bonds is 8. The van der Waals surface area contributed by atoms with Gasteiger partial charge in [-0.15, -0.1) is 0 Å². The van der Waals surface area contributed by atoms with Gasteiger partial charge in [0.1, 0.15) is 0 Å². The van der Waals surface area contributed by atoms with E-state index in [1.807, 2.05) is 0 Å². The summed E-state index contributed by atoms with van der Waals surface area (Å²) in [7, 11) is 1.68. The van der Waals surface area contributed by atoms with Crippen LogP contribution in [0.2, 0.25) is 0 Å². The second kappa shape index (κ2) is 9.22. The number of ether oxygens (including phenoxy) is 1. The van der Waals surface area contributed by atoms with Crippen LogP contribution in [0.1, 0.15) is 48.9 Å². The normalized spacial score (nSPS) is 15.0. The van der Waals surface area contributed by atoms with Crippen LogP contribution in [-0.2, 0) is 4.74 Å². The fraction of sp³-hybridized carbons (Fsp3) is 0.588. The maximum atomic E-state index is 12.2. The van der Waals surface area contributed by atoms with E-state index in [0.29, 0.717) is 24.9 Å². The van der Waals surface area contributed by atoms with Crippen LogP contribution in [0.25, 0.3) is 0 Å². The summed E-state index contributed by atoms with van der Waals surface area (Å²) in [6.45, 7) is 1.11. The molecule has 0 radical (unpaired) electrons. The predicted molar refractivity (Wildman–Crippen MR) is 92.4 cm³/mol. The number of hydrogen-bond donors (Lipinski definition) is 2. The first-order valence-corrected chi connectivity index (χ1v) is 8.48. The summed E-state index contributed by atoms with van der Waals surface area (Å²) in [6.07, 6.45) is 7.13. The van der Waals surface area contributed by atoms with Crippen molar-refractivity contribution in [3.05, 3.63) is 33.9 Å². The van der Waals surface area contributed by atoms with E-state index in [0.717, 1.165) is 19.3 Å². The zero-order valence-electron chi connectivity index (χ0n) is 14.0. The molecule has 0 unspecified atom stereocenters. The minimum absolute atomic E-state index is 0.0974. The third kappa shape index (κ3) is 5.19. The lowest BCUT2D eigenvalue weighted by molar-refractivity contribution is -0.384. The van der Waals surface area contributed by atoms with Crippen LogP contribution < -0.4 is 10.6 Å². The van der Waals surface area contributed by atoms with Gasteiger partial charge in [-0.1, -0.05) is 19.3 Å². The summed E-state index contributed by atoms with van der Waals surface area (Å²) in [5, 5.41) is 16.5. The lowest BCUT2D eigenvalue weighted by Gasteiger charge is -2.21. The van der Waals surface area contributed by atoms with Crippen LogP contribution >= 0.6 is 0 Å². The van der Waals surface area contributed by atoms with Crippen molar-refractivity contribution in [2.45, 2.75) is 44.6 Å². The third-order valence-electron chi connectivity index (χ3n) is 4.24. The molecule has 1 aliphatic carbocycles. The van der Waals surface area contributed by atoms with Crippen molar-refractivity contribution >= 4 is 17.3 Å². The number of non-ortho nitro benzene ring substituents is 1. The molecule has 1 saturated carbocycles. The molecule has 0 saturated heterocycles. The van der Waals surface area contributed by atoms with Gasteiger partial charge in [0.05, 0.1) is 16.6 Å². The first-order chi connectivity index (χ1) is 11.6. The number of nitrogens with zero attached hydrogens (tertiary/aromatic N) is 1. The SMILES string of the molecule is CNc1ccc([N+](=O)[O-])cc1C(=O)NCCCOC1CCCCC1. The molecule has 0 bridgehead atoms. The number of nitrogens with one attached hydrogen (secondary N) is 2. The molecule has 1 aliphatic rings. The fourth-order valence-corrected chi connectivity index (χ4v) is 2.90. The molecule has 0 spiro atoms. The monoisotopic (exact) mass is 335 g/mol. The number of anilines is 1. The van der Waals surface area contributed by atoms with Crippen molar-refractivity contribution in [2.24, 2.45) is 0 Å². The first kappa shape index (κ1) is 18.2. The lowest BCUT2D eigenvalue weighted by atomic mass is 9.98. The molecule has 2 rings (SSSR count). The standard InChI is InChI=1S/C17H25N3O4/c1-18-16-9-8-13(20(22)23)12-15(16)17(21)19-10-5-11-24-14-6-3-2-4-7-14/h8-9,12,14,18H,2-7,10-11H2,1H3,(H,19,21). The quantitative estimate of drug-likeness (QED) is 0.432. The zero-order chi connectivity index (χ0) is 17.4. The van der Waals surface area contributed by atoms with E-state index in [9.17, 15) is 14.9 Å². The van der Waals surface area contributed by atoms with E-state index >= 15 is 0 Å². The molecular weight excluding hydrogens is 310 g/mol. The van der Waals surface area contributed by atoms with Gasteiger partial charge in [-0.25, -0.2) is 0 Å². The molecule has 24 heavy (non-hydrogen) atoms. The summed E-state index contributed by atoms with van der Waals surface area (Å²) in [5.41, 5.74) is 0.747. The van der Waals surface area contributed by atoms with Gasteiger partial charge < -0.3 is 15.4 Å². The van der Waals surface area contributed by atoms with Crippen LogP contribution in [0, 0.1) is 10.1 Å². The van der Waals surface area contributed by atoms with E-state index in [-0.39, 0.29) is 17.2 Å². The number of nitro benzene ring substituents is 1. The Morgan fingerprint density at radius 3 is 2.75 bits per heavy atom. The highest BCUT2D eigenvalue weighted by molar-refractivity contribution is 6.00. The Labute approximate surface area is 141 Å². The van der Waals surface area contributed by atoms with Crippen molar-refractivity contribution in [1.29, 1.82) is 0 Å². The minimum atomic E-state index is -0.506. The Kier molecular flexibility index (Phi) is 6.99. The topological polar surface area (TPSA) is 93.5 Å². The van der Waals surface area contributed by atoms with Crippen LogP contribution in [0.3, 0.4) is 0 Å². The van der Waals surface area contributed by atoms with E-state index in [4.69, 9.17) is 4.74 Å². The molecule has 1 fully saturated rings. The molecule has 0 heterocycles. The number of carbonyl (C=O) groups excluding carboxylic acids is 1. The molecular formula is C17H25N3O4. The average Bonchev–Trinajstić information content (AvgIpc) is 2.61. The van der Waals surface area contributed by atoms with Gasteiger partial charge in [0, 0.05) is 38.0 Å². The van der Waals surface area contributed by atoms with Gasteiger partial charge in [0.25, 0.3) is 11.6 Å². The number of carbonyl (C=O) groups is 1. The summed E-state index contributed by atoms with van der Waals surface area (Å²) in [6, 6.07) is 4.21. The number of amides is 1. The van der Waals surface area contributed by atoms with Crippen molar-refractivity contribution in [1.82, 2.24) is 5.32 Å². The highest BCUT2D eigenvalue weighted by atomic mass is 16.6. The largest absolute Gasteiger partial charge is 0.387 e. The van der Waals surface area contributed by atoms with E-state index < -0.39 is 4.92 Å². The Morgan fingerprint density at radius 1 is 1.33 bits per heavy atom. The molecule has 132 valence electrons. The Hall–Kier alpha value is -2.15.